The summed E-state index contributed by atoms with van der Waals surface area (Å²) in [6.45, 7) is 5.55. The molecule has 5 nitrogen and oxygen atoms in total. The van der Waals surface area contributed by atoms with Gasteiger partial charge in [-0.15, -0.1) is 0 Å². The number of nitrogens with zero attached hydrogens (tertiary/aromatic N) is 3. The van der Waals surface area contributed by atoms with E-state index in [-0.39, 0.29) is 0 Å². The number of aromatic nitrogens is 2. The van der Waals surface area contributed by atoms with Crippen LogP contribution in [0, 0.1) is 0 Å². The quantitative estimate of drug-likeness (QED) is 0.810. The predicted molar refractivity (Wildman–Crippen MR) is 86.6 cm³/mol. The molecule has 21 heavy (non-hydrogen) atoms. The van der Waals surface area contributed by atoms with E-state index in [1.807, 2.05) is 12.1 Å². The molecule has 0 fully saturated rings. The number of methoxy groups -OCH3 is 1. The van der Waals surface area contributed by atoms with Gasteiger partial charge < -0.3 is 15.0 Å². The van der Waals surface area contributed by atoms with Crippen LogP contribution < -0.4 is 10.5 Å². The van der Waals surface area contributed by atoms with Gasteiger partial charge in [0.2, 0.25) is 0 Å². The van der Waals surface area contributed by atoms with Crippen molar-refractivity contribution in [3.05, 3.63) is 24.0 Å². The summed E-state index contributed by atoms with van der Waals surface area (Å²) >= 11 is 0. The van der Waals surface area contributed by atoms with Crippen molar-refractivity contribution in [3.63, 3.8) is 0 Å². The molecule has 0 saturated heterocycles. The summed E-state index contributed by atoms with van der Waals surface area (Å²) in [7, 11) is 3.82. The van der Waals surface area contributed by atoms with E-state index in [0.717, 1.165) is 42.2 Å². The first-order valence-corrected chi connectivity index (χ1v) is 7.61. The Morgan fingerprint density at radius 3 is 2.86 bits per heavy atom. The van der Waals surface area contributed by atoms with Crippen LogP contribution in [0.25, 0.3) is 11.0 Å². The predicted octanol–water partition coefficient (Wildman–Crippen LogP) is 2.24. The van der Waals surface area contributed by atoms with Crippen LogP contribution in [0.2, 0.25) is 0 Å². The number of benzene rings is 1. The molecule has 0 unspecified atom stereocenters. The Morgan fingerprint density at radius 1 is 1.38 bits per heavy atom. The van der Waals surface area contributed by atoms with E-state index in [1.165, 1.54) is 12.8 Å². The van der Waals surface area contributed by atoms with E-state index in [0.29, 0.717) is 6.54 Å². The second-order valence-electron chi connectivity index (χ2n) is 5.41. The number of hydrogen-bond acceptors (Lipinski definition) is 4. The van der Waals surface area contributed by atoms with E-state index in [9.17, 15) is 0 Å². The zero-order chi connectivity index (χ0) is 15.2. The highest BCUT2D eigenvalue weighted by Crippen LogP contribution is 2.22. The van der Waals surface area contributed by atoms with Crippen molar-refractivity contribution in [2.45, 2.75) is 32.9 Å². The van der Waals surface area contributed by atoms with E-state index >= 15 is 0 Å². The first-order valence-electron chi connectivity index (χ1n) is 7.61. The standard InChI is InChI=1S/C16H26N4O/c1-4-5-9-19(2)12-16-18-14-11-13(21-3)6-7-15(14)20(16)10-8-17/h6-7,11H,4-5,8-10,12,17H2,1-3H3. The van der Waals surface area contributed by atoms with Gasteiger partial charge in [-0.25, -0.2) is 4.98 Å². The van der Waals surface area contributed by atoms with Crippen LogP contribution in [-0.4, -0.2) is 41.7 Å². The van der Waals surface area contributed by atoms with Crippen molar-refractivity contribution in [3.8, 4) is 5.75 Å². The number of unbranched alkanes of at least 4 members (excludes halogenated alkanes) is 1. The molecule has 2 N–H and O–H groups in total. The van der Waals surface area contributed by atoms with Crippen LogP contribution in [0.1, 0.15) is 25.6 Å². The topological polar surface area (TPSA) is 56.3 Å². The first kappa shape index (κ1) is 15.8. The maximum absolute atomic E-state index is 5.76. The fraction of sp³-hybridized carbons (Fsp3) is 0.562. The van der Waals surface area contributed by atoms with E-state index < -0.39 is 0 Å². The SMILES string of the molecule is CCCCN(C)Cc1nc2cc(OC)ccc2n1CCN. The summed E-state index contributed by atoms with van der Waals surface area (Å²) < 4.78 is 7.50. The minimum Gasteiger partial charge on any atom is -0.497 e. The van der Waals surface area contributed by atoms with Gasteiger partial charge in [0.25, 0.3) is 0 Å². The number of rotatable bonds is 8. The third-order valence-corrected chi connectivity index (χ3v) is 3.69. The summed E-state index contributed by atoms with van der Waals surface area (Å²) in [5, 5.41) is 0. The van der Waals surface area contributed by atoms with Gasteiger partial charge in [0.1, 0.15) is 11.6 Å². The molecule has 0 atom stereocenters. The fourth-order valence-electron chi connectivity index (χ4n) is 2.53. The van der Waals surface area contributed by atoms with Gasteiger partial charge in [0.15, 0.2) is 0 Å². The monoisotopic (exact) mass is 290 g/mol. The Morgan fingerprint density at radius 2 is 2.19 bits per heavy atom. The van der Waals surface area contributed by atoms with Gasteiger partial charge in [-0.2, -0.15) is 0 Å². The molecular formula is C16H26N4O. The average Bonchev–Trinajstić information content (AvgIpc) is 2.82. The summed E-state index contributed by atoms with van der Waals surface area (Å²) in [6.07, 6.45) is 2.42. The third-order valence-electron chi connectivity index (χ3n) is 3.69. The average molecular weight is 290 g/mol. The second-order valence-corrected chi connectivity index (χ2v) is 5.41. The van der Waals surface area contributed by atoms with Crippen LogP contribution in [0.15, 0.2) is 18.2 Å². The van der Waals surface area contributed by atoms with Crippen LogP contribution in [0.3, 0.4) is 0 Å². The van der Waals surface area contributed by atoms with Crippen molar-refractivity contribution >= 4 is 11.0 Å². The lowest BCUT2D eigenvalue weighted by Gasteiger charge is -2.16. The molecule has 0 spiro atoms. The minimum absolute atomic E-state index is 0.614. The van der Waals surface area contributed by atoms with Gasteiger partial charge in [-0.05, 0) is 32.1 Å². The maximum atomic E-state index is 5.76. The first-order chi connectivity index (χ1) is 10.2. The molecule has 2 rings (SSSR count). The molecule has 0 radical (unpaired) electrons. The van der Waals surface area contributed by atoms with Gasteiger partial charge >= 0.3 is 0 Å². The maximum Gasteiger partial charge on any atom is 0.124 e. The lowest BCUT2D eigenvalue weighted by Crippen LogP contribution is -2.22. The normalized spacial score (nSPS) is 11.5. The molecule has 1 aromatic carbocycles. The summed E-state index contributed by atoms with van der Waals surface area (Å²) in [5.41, 5.74) is 7.86. The Hall–Kier alpha value is -1.59. The van der Waals surface area contributed by atoms with Crippen molar-refractivity contribution in [2.75, 3.05) is 27.2 Å². The van der Waals surface area contributed by atoms with Crippen LogP contribution in [0.4, 0.5) is 0 Å². The van der Waals surface area contributed by atoms with Gasteiger partial charge in [-0.1, -0.05) is 13.3 Å². The Bertz CT molecular complexity index is 579. The van der Waals surface area contributed by atoms with Crippen molar-refractivity contribution in [1.82, 2.24) is 14.5 Å². The van der Waals surface area contributed by atoms with Crippen LogP contribution in [0.5, 0.6) is 5.75 Å². The largest absolute Gasteiger partial charge is 0.497 e. The Labute approximate surface area is 126 Å². The molecule has 1 aromatic heterocycles. The Balaban J connectivity index is 2.30. The number of imidazole rings is 1. The molecule has 2 aromatic rings. The lowest BCUT2D eigenvalue weighted by molar-refractivity contribution is 0.308. The van der Waals surface area contributed by atoms with E-state index in [4.69, 9.17) is 15.5 Å². The van der Waals surface area contributed by atoms with Crippen LogP contribution >= 0.6 is 0 Å². The highest BCUT2D eigenvalue weighted by molar-refractivity contribution is 5.77. The molecule has 0 bridgehead atoms. The second kappa shape index (κ2) is 7.43. The molecule has 0 aliphatic heterocycles. The highest BCUT2D eigenvalue weighted by Gasteiger charge is 2.12. The van der Waals surface area contributed by atoms with Crippen molar-refractivity contribution < 1.29 is 4.74 Å². The highest BCUT2D eigenvalue weighted by atomic mass is 16.5. The summed E-state index contributed by atoms with van der Waals surface area (Å²) in [6, 6.07) is 6.02. The van der Waals surface area contributed by atoms with Gasteiger partial charge in [-0.3, -0.25) is 4.90 Å². The molecule has 0 aliphatic rings. The minimum atomic E-state index is 0.614. The zero-order valence-electron chi connectivity index (χ0n) is 13.3. The molecule has 0 amide bonds. The number of ether oxygens (including phenoxy) is 1. The summed E-state index contributed by atoms with van der Waals surface area (Å²) in [4.78, 5) is 7.09. The van der Waals surface area contributed by atoms with E-state index in [1.54, 1.807) is 7.11 Å². The molecular weight excluding hydrogens is 264 g/mol. The smallest absolute Gasteiger partial charge is 0.124 e. The molecule has 5 heteroatoms. The van der Waals surface area contributed by atoms with Gasteiger partial charge in [0.05, 0.1) is 24.7 Å². The lowest BCUT2D eigenvalue weighted by atomic mass is 10.3. The zero-order valence-corrected chi connectivity index (χ0v) is 13.3. The summed E-state index contributed by atoms with van der Waals surface area (Å²) in [5.74, 6) is 1.91. The fourth-order valence-corrected chi connectivity index (χ4v) is 2.53. The number of hydrogen-bond donors (Lipinski definition) is 1. The van der Waals surface area contributed by atoms with Crippen molar-refractivity contribution in [2.24, 2.45) is 5.73 Å². The number of fused-ring (bicyclic) bond motifs is 1. The molecule has 1 heterocycles. The third kappa shape index (κ3) is 3.74. The molecule has 0 aliphatic carbocycles. The molecule has 0 saturated carbocycles. The van der Waals surface area contributed by atoms with Crippen molar-refractivity contribution in [1.29, 1.82) is 0 Å². The van der Waals surface area contributed by atoms with Gasteiger partial charge in [0, 0.05) is 19.2 Å². The Kier molecular flexibility index (Phi) is 5.59. The van der Waals surface area contributed by atoms with Crippen LogP contribution in [-0.2, 0) is 13.1 Å². The van der Waals surface area contributed by atoms with E-state index in [2.05, 4.69) is 29.5 Å². The number of nitrogens with two attached hydrogens (primary N) is 1. The molecule has 116 valence electrons.